The highest BCUT2D eigenvalue weighted by Crippen LogP contribution is 2.48. The number of halogens is 5. The Morgan fingerprint density at radius 1 is 1.22 bits per heavy atom. The van der Waals surface area contributed by atoms with Gasteiger partial charge >= 0.3 is 0 Å². The van der Waals surface area contributed by atoms with Gasteiger partial charge in [-0.3, -0.25) is 0 Å². The van der Waals surface area contributed by atoms with Crippen molar-refractivity contribution in [2.24, 2.45) is 0 Å². The van der Waals surface area contributed by atoms with Gasteiger partial charge in [-0.15, -0.1) is 0 Å². The molecular weight excluding hydrogens is 348 g/mol. The van der Waals surface area contributed by atoms with E-state index in [0.717, 1.165) is 0 Å². The molecule has 1 aliphatic heterocycles. The predicted molar refractivity (Wildman–Crippen MR) is 84.7 cm³/mol. The van der Waals surface area contributed by atoms with E-state index in [1.165, 1.54) is 12.1 Å². The van der Waals surface area contributed by atoms with E-state index < -0.39 is 36.4 Å². The first-order valence-corrected chi connectivity index (χ1v) is 7.62. The quantitative estimate of drug-likeness (QED) is 0.725. The second kappa shape index (κ2) is 6.62. The van der Waals surface area contributed by atoms with Crippen LogP contribution in [0.25, 0.3) is 0 Å². The van der Waals surface area contributed by atoms with Crippen LogP contribution in [0.5, 0.6) is 0 Å². The molecule has 2 nitrogen and oxygen atoms in total. The van der Waals surface area contributed by atoms with E-state index in [2.05, 4.69) is 0 Å². The van der Waals surface area contributed by atoms with Gasteiger partial charge in [-0.25, -0.2) is 13.2 Å². The molecule has 0 N–H and O–H groups in total. The van der Waals surface area contributed by atoms with Crippen LogP contribution in [0.3, 0.4) is 0 Å². The summed E-state index contributed by atoms with van der Waals surface area (Å²) in [6.45, 7) is -3.39. The van der Waals surface area contributed by atoms with E-state index in [1.807, 2.05) is 6.07 Å². The van der Waals surface area contributed by atoms with Crippen molar-refractivity contribution in [1.82, 2.24) is 4.90 Å². The van der Waals surface area contributed by atoms with Gasteiger partial charge in [0.2, 0.25) is 0 Å². The topological polar surface area (TPSA) is 27.0 Å². The van der Waals surface area contributed by atoms with Crippen LogP contribution < -0.4 is 0 Å². The zero-order chi connectivity index (χ0) is 17.3. The fourth-order valence-electron chi connectivity index (χ4n) is 2.70. The molecule has 0 amide bonds. The first kappa shape index (κ1) is 18.0. The standard InChI is InChI=1S/C16H15Cl2F3N2/c1-23-6-13(17)16(18,10-22)14(23)11-2-4-12(5-3-11)15(7-19,8-20)9-21/h2-6,14H,7-9H2,1H3. The van der Waals surface area contributed by atoms with E-state index in [-0.39, 0.29) is 10.6 Å². The second-order valence-corrected chi connectivity index (χ2v) is 6.68. The molecule has 0 bridgehead atoms. The second-order valence-electron chi connectivity index (χ2n) is 5.67. The minimum absolute atomic E-state index is 0.198. The normalized spacial score (nSPS) is 24.5. The molecule has 23 heavy (non-hydrogen) atoms. The molecule has 0 radical (unpaired) electrons. The largest absolute Gasteiger partial charge is 0.369 e. The third-order valence-corrected chi connectivity index (χ3v) is 5.20. The lowest BCUT2D eigenvalue weighted by Gasteiger charge is -2.30. The van der Waals surface area contributed by atoms with E-state index in [4.69, 9.17) is 23.2 Å². The first-order valence-electron chi connectivity index (χ1n) is 6.87. The van der Waals surface area contributed by atoms with Crippen LogP contribution >= 0.6 is 23.2 Å². The number of hydrogen-bond donors (Lipinski definition) is 0. The SMILES string of the molecule is CN1C=C(Cl)C(Cl)(C#N)C1c1ccc(C(CF)(CF)CF)cc1. The lowest BCUT2D eigenvalue weighted by Crippen LogP contribution is -2.34. The minimum atomic E-state index is -1.77. The molecule has 0 spiro atoms. The Hall–Kier alpha value is -1.38. The highest BCUT2D eigenvalue weighted by molar-refractivity contribution is 6.41. The van der Waals surface area contributed by atoms with Gasteiger partial charge in [-0.2, -0.15) is 5.26 Å². The average molecular weight is 363 g/mol. The van der Waals surface area contributed by atoms with Crippen molar-refractivity contribution in [1.29, 1.82) is 5.26 Å². The van der Waals surface area contributed by atoms with Gasteiger partial charge in [0, 0.05) is 13.2 Å². The molecule has 1 heterocycles. The van der Waals surface area contributed by atoms with Crippen molar-refractivity contribution in [2.75, 3.05) is 27.1 Å². The zero-order valence-electron chi connectivity index (χ0n) is 12.4. The van der Waals surface area contributed by atoms with Crippen LogP contribution in [0.4, 0.5) is 13.2 Å². The molecule has 2 rings (SSSR count). The highest BCUT2D eigenvalue weighted by Gasteiger charge is 2.48. The number of hydrogen-bond acceptors (Lipinski definition) is 2. The van der Waals surface area contributed by atoms with Crippen LogP contribution in [0.15, 0.2) is 35.5 Å². The van der Waals surface area contributed by atoms with Gasteiger partial charge in [0.05, 0.1) is 22.6 Å². The third-order valence-electron chi connectivity index (χ3n) is 4.22. The molecule has 1 aliphatic rings. The van der Waals surface area contributed by atoms with Crippen molar-refractivity contribution in [3.05, 3.63) is 46.6 Å². The maximum Gasteiger partial charge on any atom is 0.191 e. The molecule has 124 valence electrons. The smallest absolute Gasteiger partial charge is 0.191 e. The fraction of sp³-hybridized carbons (Fsp3) is 0.438. The van der Waals surface area contributed by atoms with Gasteiger partial charge in [0.25, 0.3) is 0 Å². The van der Waals surface area contributed by atoms with Gasteiger partial charge in [-0.05, 0) is 11.1 Å². The van der Waals surface area contributed by atoms with Gasteiger partial charge in [0.1, 0.15) is 20.0 Å². The molecule has 0 saturated carbocycles. The third kappa shape index (κ3) is 2.79. The number of rotatable bonds is 5. The molecule has 7 heteroatoms. The Bertz CT molecular complexity index is 629. The van der Waals surface area contributed by atoms with Crippen molar-refractivity contribution in [3.8, 4) is 6.07 Å². The fourth-order valence-corrected chi connectivity index (χ4v) is 3.32. The van der Waals surface area contributed by atoms with Crippen molar-refractivity contribution >= 4 is 23.2 Å². The van der Waals surface area contributed by atoms with Crippen LogP contribution in [0.2, 0.25) is 0 Å². The first-order chi connectivity index (χ1) is 10.9. The monoisotopic (exact) mass is 362 g/mol. The summed E-state index contributed by atoms with van der Waals surface area (Å²) in [5.41, 5.74) is -0.903. The summed E-state index contributed by atoms with van der Waals surface area (Å²) in [6.07, 6.45) is 1.56. The maximum atomic E-state index is 13.1. The molecule has 0 saturated heterocycles. The molecule has 2 atom stereocenters. The van der Waals surface area contributed by atoms with Crippen LogP contribution in [-0.4, -0.2) is 36.8 Å². The number of nitriles is 1. The lowest BCUT2D eigenvalue weighted by atomic mass is 9.83. The Morgan fingerprint density at radius 3 is 2.17 bits per heavy atom. The number of benzene rings is 1. The van der Waals surface area contributed by atoms with Gasteiger partial charge < -0.3 is 4.90 Å². The summed E-state index contributed by atoms with van der Waals surface area (Å²) < 4.78 is 39.3. The molecule has 0 aliphatic carbocycles. The molecule has 1 aromatic rings. The van der Waals surface area contributed by atoms with Crippen LogP contribution in [0.1, 0.15) is 17.2 Å². The van der Waals surface area contributed by atoms with E-state index in [1.54, 1.807) is 30.3 Å². The van der Waals surface area contributed by atoms with E-state index in [0.29, 0.717) is 5.56 Å². The Morgan fingerprint density at radius 2 is 1.74 bits per heavy atom. The van der Waals surface area contributed by atoms with E-state index in [9.17, 15) is 18.4 Å². The summed E-state index contributed by atoms with van der Waals surface area (Å²) >= 11 is 12.4. The summed E-state index contributed by atoms with van der Waals surface area (Å²) in [5, 5.41) is 9.56. The Balaban J connectivity index is 2.39. The Kier molecular flexibility index (Phi) is 5.17. The van der Waals surface area contributed by atoms with Gasteiger partial charge in [-0.1, -0.05) is 47.5 Å². The molecule has 2 unspecified atom stereocenters. The lowest BCUT2D eigenvalue weighted by molar-refractivity contribution is 0.191. The minimum Gasteiger partial charge on any atom is -0.369 e. The average Bonchev–Trinajstić information content (AvgIpc) is 2.80. The van der Waals surface area contributed by atoms with Crippen molar-refractivity contribution in [2.45, 2.75) is 16.3 Å². The van der Waals surface area contributed by atoms with Crippen LogP contribution in [-0.2, 0) is 5.41 Å². The van der Waals surface area contributed by atoms with Crippen LogP contribution in [0, 0.1) is 11.3 Å². The van der Waals surface area contributed by atoms with Gasteiger partial charge in [0.15, 0.2) is 4.87 Å². The van der Waals surface area contributed by atoms with Crippen molar-refractivity contribution < 1.29 is 13.2 Å². The maximum absolute atomic E-state index is 13.1. The molecular formula is C16H15Cl2F3N2. The van der Waals surface area contributed by atoms with Crippen molar-refractivity contribution in [3.63, 3.8) is 0 Å². The molecule has 1 aromatic carbocycles. The summed E-state index contributed by atoms with van der Waals surface area (Å²) in [6, 6.07) is 7.54. The molecule has 0 aromatic heterocycles. The number of alkyl halides is 4. The van der Waals surface area contributed by atoms with E-state index >= 15 is 0 Å². The molecule has 0 fully saturated rings. The summed E-state index contributed by atoms with van der Waals surface area (Å²) in [4.78, 5) is 0.259. The number of nitrogens with zero attached hydrogens (tertiary/aromatic N) is 2. The summed E-state index contributed by atoms with van der Waals surface area (Å²) in [7, 11) is 1.72. The summed E-state index contributed by atoms with van der Waals surface area (Å²) in [5.74, 6) is 0. The highest BCUT2D eigenvalue weighted by atomic mass is 35.5. The zero-order valence-corrected chi connectivity index (χ0v) is 13.9. The predicted octanol–water partition coefficient (Wildman–Crippen LogP) is 4.40. The Labute approximate surface area is 143 Å².